The van der Waals surface area contributed by atoms with Crippen molar-refractivity contribution in [1.82, 2.24) is 15.0 Å². The second kappa shape index (κ2) is 13.4. The van der Waals surface area contributed by atoms with Gasteiger partial charge in [-0.2, -0.15) is 0 Å². The van der Waals surface area contributed by atoms with Crippen molar-refractivity contribution in [3.05, 3.63) is 235 Å². The Morgan fingerprint density at radius 1 is 0.290 bits per heavy atom. The molecule has 1 spiro atoms. The maximum absolute atomic E-state index is 6.41. The average Bonchev–Trinajstić information content (AvgIpc) is 3.98. The lowest BCUT2D eigenvalue weighted by molar-refractivity contribution is 0.669. The van der Waals surface area contributed by atoms with Gasteiger partial charge in [0.1, 0.15) is 11.2 Å². The van der Waals surface area contributed by atoms with Crippen LogP contribution in [-0.2, 0) is 5.41 Å². The van der Waals surface area contributed by atoms with Gasteiger partial charge in [0.15, 0.2) is 17.5 Å². The number of furan rings is 1. The quantitative estimate of drug-likeness (QED) is 0.174. The van der Waals surface area contributed by atoms with Crippen LogP contribution in [0.1, 0.15) is 22.3 Å². The first-order valence-corrected chi connectivity index (χ1v) is 21.1. The van der Waals surface area contributed by atoms with E-state index in [1.807, 2.05) is 60.7 Å². The summed E-state index contributed by atoms with van der Waals surface area (Å²) in [7, 11) is 0. The molecule has 2 aliphatic rings. The summed E-state index contributed by atoms with van der Waals surface area (Å²) in [5.74, 6) is 1.79. The maximum Gasteiger partial charge on any atom is 0.167 e. The number of nitrogens with zero attached hydrogens (tertiary/aromatic N) is 3. The molecule has 4 heteroatoms. The highest BCUT2D eigenvalue weighted by Gasteiger charge is 2.51. The van der Waals surface area contributed by atoms with Gasteiger partial charge in [0.2, 0.25) is 0 Å². The third-order valence-corrected chi connectivity index (χ3v) is 13.0. The molecule has 0 atom stereocenters. The van der Waals surface area contributed by atoms with E-state index in [4.69, 9.17) is 19.4 Å². The first-order valence-electron chi connectivity index (χ1n) is 21.1. The molecule has 13 rings (SSSR count). The van der Waals surface area contributed by atoms with E-state index in [1.54, 1.807) is 0 Å². The summed E-state index contributed by atoms with van der Waals surface area (Å²) in [5.41, 5.74) is 19.2. The lowest BCUT2D eigenvalue weighted by atomic mass is 9.70. The summed E-state index contributed by atoms with van der Waals surface area (Å²) in [5, 5.41) is 2.10. The van der Waals surface area contributed by atoms with Gasteiger partial charge in [-0.3, -0.25) is 0 Å². The van der Waals surface area contributed by atoms with Crippen molar-refractivity contribution in [3.63, 3.8) is 0 Å². The smallest absolute Gasteiger partial charge is 0.167 e. The average molecular weight is 790 g/mol. The Bertz CT molecular complexity index is 3500. The molecular weight excluding hydrogens is 755 g/mol. The molecule has 0 aliphatic heterocycles. The zero-order chi connectivity index (χ0) is 40.8. The molecular formula is C58H35N3O. The van der Waals surface area contributed by atoms with Crippen LogP contribution in [0.4, 0.5) is 0 Å². The number of hydrogen-bond donors (Lipinski definition) is 0. The molecule has 11 aromatic rings. The summed E-state index contributed by atoms with van der Waals surface area (Å²) in [4.78, 5) is 15.1. The van der Waals surface area contributed by atoms with Crippen LogP contribution in [0.25, 0.3) is 101 Å². The number of fused-ring (bicyclic) bond motifs is 13. The highest BCUT2D eigenvalue weighted by atomic mass is 16.3. The van der Waals surface area contributed by atoms with Crippen LogP contribution in [0.3, 0.4) is 0 Å². The van der Waals surface area contributed by atoms with Crippen molar-refractivity contribution >= 4 is 21.9 Å². The predicted molar refractivity (Wildman–Crippen MR) is 251 cm³/mol. The molecule has 0 unspecified atom stereocenters. The third kappa shape index (κ3) is 5.04. The molecule has 2 heterocycles. The van der Waals surface area contributed by atoms with Crippen molar-refractivity contribution in [2.45, 2.75) is 5.41 Å². The summed E-state index contributed by atoms with van der Waals surface area (Å²) in [6.07, 6.45) is 0. The second-order valence-corrected chi connectivity index (χ2v) is 16.3. The van der Waals surface area contributed by atoms with Crippen LogP contribution in [0, 0.1) is 0 Å². The van der Waals surface area contributed by atoms with Crippen molar-refractivity contribution in [2.75, 3.05) is 0 Å². The molecule has 9 aromatic carbocycles. The number of hydrogen-bond acceptors (Lipinski definition) is 4. The van der Waals surface area contributed by atoms with Crippen LogP contribution < -0.4 is 0 Å². The molecule has 0 amide bonds. The van der Waals surface area contributed by atoms with Crippen molar-refractivity contribution in [1.29, 1.82) is 0 Å². The molecule has 2 aromatic heterocycles. The van der Waals surface area contributed by atoms with Crippen molar-refractivity contribution in [3.8, 4) is 78.7 Å². The third-order valence-electron chi connectivity index (χ3n) is 13.0. The van der Waals surface area contributed by atoms with Gasteiger partial charge < -0.3 is 4.42 Å². The molecule has 0 saturated heterocycles. The van der Waals surface area contributed by atoms with E-state index in [9.17, 15) is 0 Å². The Balaban J connectivity index is 0.860. The Hall–Kier alpha value is -8.21. The first kappa shape index (κ1) is 34.6. The summed E-state index contributed by atoms with van der Waals surface area (Å²) in [6.45, 7) is 0. The largest absolute Gasteiger partial charge is 0.455 e. The second-order valence-electron chi connectivity index (χ2n) is 16.3. The standard InChI is InChI=1S/C58H35N3O/c1-2-13-39(14-3-1)55-59-56(61-57(60-55)48-20-12-19-47-46-18-7-11-24-53(46)62-54(47)48)40-31-29-37(30-32-40)36-25-27-38(28-26-36)41-33-34-45-44-17-6-10-23-51(44)58(52(45)35-41)49-21-8-4-15-42(49)43-16-5-9-22-50(43)58/h1-35H. The van der Waals surface area contributed by atoms with E-state index in [0.717, 1.165) is 49.8 Å². The number of rotatable bonds is 5. The monoisotopic (exact) mass is 789 g/mol. The van der Waals surface area contributed by atoms with Gasteiger partial charge in [0.05, 0.1) is 11.0 Å². The Morgan fingerprint density at radius 2 is 0.726 bits per heavy atom. The van der Waals surface area contributed by atoms with Crippen LogP contribution in [-0.4, -0.2) is 15.0 Å². The summed E-state index contributed by atoms with van der Waals surface area (Å²) >= 11 is 0. The van der Waals surface area contributed by atoms with E-state index in [0.29, 0.717) is 17.5 Å². The van der Waals surface area contributed by atoms with Gasteiger partial charge in [-0.15, -0.1) is 0 Å². The lowest BCUT2D eigenvalue weighted by Crippen LogP contribution is -2.25. The van der Waals surface area contributed by atoms with Crippen LogP contribution in [0.2, 0.25) is 0 Å². The lowest BCUT2D eigenvalue weighted by Gasteiger charge is -2.30. The highest BCUT2D eigenvalue weighted by molar-refractivity contribution is 6.09. The Morgan fingerprint density at radius 3 is 1.35 bits per heavy atom. The van der Waals surface area contributed by atoms with Gasteiger partial charge in [-0.05, 0) is 85.0 Å². The van der Waals surface area contributed by atoms with E-state index in [-0.39, 0.29) is 5.41 Å². The minimum Gasteiger partial charge on any atom is -0.455 e. The minimum absolute atomic E-state index is 0.362. The predicted octanol–water partition coefficient (Wildman–Crippen LogP) is 14.4. The fraction of sp³-hybridized carbons (Fsp3) is 0.0172. The van der Waals surface area contributed by atoms with Crippen molar-refractivity contribution < 1.29 is 4.42 Å². The molecule has 0 N–H and O–H groups in total. The molecule has 288 valence electrons. The van der Waals surface area contributed by atoms with Crippen LogP contribution in [0.15, 0.2) is 217 Å². The topological polar surface area (TPSA) is 51.8 Å². The van der Waals surface area contributed by atoms with E-state index in [2.05, 4.69) is 152 Å². The zero-order valence-electron chi connectivity index (χ0n) is 33.5. The van der Waals surface area contributed by atoms with Gasteiger partial charge in [0, 0.05) is 21.9 Å². The van der Waals surface area contributed by atoms with Gasteiger partial charge >= 0.3 is 0 Å². The molecule has 4 nitrogen and oxygen atoms in total. The van der Waals surface area contributed by atoms with Gasteiger partial charge in [-0.1, -0.05) is 194 Å². The first-order chi connectivity index (χ1) is 30.7. The van der Waals surface area contributed by atoms with Gasteiger partial charge in [-0.25, -0.2) is 15.0 Å². The molecule has 0 fully saturated rings. The SMILES string of the molecule is c1ccc(-c2nc(-c3ccc(-c4ccc(-c5ccc6c(c5)C5(c7ccccc7-c7ccccc75)c5ccccc5-6)cc4)cc3)nc(-c3cccc4c3oc3ccccc34)n2)cc1. The molecule has 0 radical (unpaired) electrons. The number of benzene rings is 9. The minimum atomic E-state index is -0.362. The van der Waals surface area contributed by atoms with Gasteiger partial charge in [0.25, 0.3) is 0 Å². The van der Waals surface area contributed by atoms with Crippen LogP contribution in [0.5, 0.6) is 0 Å². The normalized spacial score (nSPS) is 13.0. The van der Waals surface area contributed by atoms with Crippen molar-refractivity contribution in [2.24, 2.45) is 0 Å². The van der Waals surface area contributed by atoms with E-state index < -0.39 is 0 Å². The highest BCUT2D eigenvalue weighted by Crippen LogP contribution is 2.63. The van der Waals surface area contributed by atoms with E-state index in [1.165, 1.54) is 55.6 Å². The maximum atomic E-state index is 6.41. The Kier molecular flexibility index (Phi) is 7.49. The summed E-state index contributed by atoms with van der Waals surface area (Å²) in [6, 6.07) is 75.8. The fourth-order valence-electron chi connectivity index (χ4n) is 10.2. The zero-order valence-corrected chi connectivity index (χ0v) is 33.5. The molecule has 62 heavy (non-hydrogen) atoms. The Labute approximate surface area is 358 Å². The number of aromatic nitrogens is 3. The number of para-hydroxylation sites is 2. The van der Waals surface area contributed by atoms with E-state index >= 15 is 0 Å². The molecule has 2 aliphatic carbocycles. The molecule has 0 bridgehead atoms. The summed E-state index contributed by atoms with van der Waals surface area (Å²) < 4.78 is 6.41. The molecule has 0 saturated carbocycles. The van der Waals surface area contributed by atoms with Crippen LogP contribution >= 0.6 is 0 Å². The fourth-order valence-corrected chi connectivity index (χ4v) is 10.2.